The van der Waals surface area contributed by atoms with Gasteiger partial charge in [-0.1, -0.05) is 12.1 Å². The third-order valence-electron chi connectivity index (χ3n) is 4.31. The zero-order valence-electron chi connectivity index (χ0n) is 15.1. The third-order valence-corrected chi connectivity index (χ3v) is 4.31. The van der Waals surface area contributed by atoms with Crippen molar-refractivity contribution in [3.8, 4) is 0 Å². The topological polar surface area (TPSA) is 39.7 Å². The maximum atomic E-state index is 13.6. The van der Waals surface area contributed by atoms with Gasteiger partial charge in [-0.05, 0) is 63.9 Å². The lowest BCUT2D eigenvalue weighted by molar-refractivity contribution is 0.264. The van der Waals surface area contributed by atoms with Crippen LogP contribution in [-0.4, -0.2) is 44.1 Å². The summed E-state index contributed by atoms with van der Waals surface area (Å²) in [6.45, 7) is 5.98. The monoisotopic (exact) mass is 448 g/mol. The van der Waals surface area contributed by atoms with Gasteiger partial charge in [0.15, 0.2) is 5.96 Å². The average Bonchev–Trinajstić information content (AvgIpc) is 3.32. The largest absolute Gasteiger partial charge is 0.357 e. The van der Waals surface area contributed by atoms with E-state index in [0.29, 0.717) is 18.2 Å². The number of guanidine groups is 1. The molecule has 1 saturated carbocycles. The first kappa shape index (κ1) is 21.2. The quantitative estimate of drug-likeness (QED) is 0.383. The van der Waals surface area contributed by atoms with E-state index >= 15 is 0 Å². The molecular weight excluding hydrogens is 418 g/mol. The van der Waals surface area contributed by atoms with E-state index in [-0.39, 0.29) is 29.8 Å². The number of hydrogen-bond donors (Lipinski definition) is 2. The first-order valence-electron chi connectivity index (χ1n) is 8.45. The molecule has 0 saturated heterocycles. The first-order chi connectivity index (χ1) is 11.0. The van der Waals surface area contributed by atoms with Crippen LogP contribution in [-0.2, 0) is 6.54 Å². The fourth-order valence-corrected chi connectivity index (χ4v) is 2.70. The Morgan fingerprint density at radius 1 is 1.33 bits per heavy atom. The summed E-state index contributed by atoms with van der Waals surface area (Å²) in [6.07, 6.45) is 2.64. The number of nitrogens with one attached hydrogen (secondary N) is 2. The summed E-state index contributed by atoms with van der Waals surface area (Å²) >= 11 is 0. The molecule has 1 aliphatic rings. The second-order valence-electron chi connectivity index (χ2n) is 6.53. The Bertz CT molecular complexity index is 542. The van der Waals surface area contributed by atoms with Crippen LogP contribution in [0, 0.1) is 18.7 Å². The lowest BCUT2D eigenvalue weighted by Crippen LogP contribution is -2.46. The molecular formula is C18H30FIN4. The summed E-state index contributed by atoms with van der Waals surface area (Å²) < 4.78 is 13.6. The van der Waals surface area contributed by atoms with Gasteiger partial charge in [0.25, 0.3) is 0 Å². The van der Waals surface area contributed by atoms with Crippen molar-refractivity contribution in [1.29, 1.82) is 0 Å². The van der Waals surface area contributed by atoms with E-state index in [1.807, 2.05) is 13.0 Å². The molecule has 1 atom stereocenters. The molecule has 0 amide bonds. The van der Waals surface area contributed by atoms with Gasteiger partial charge in [-0.25, -0.2) is 9.38 Å². The predicted octanol–water partition coefficient (Wildman–Crippen LogP) is 3.15. The van der Waals surface area contributed by atoms with Crippen molar-refractivity contribution in [1.82, 2.24) is 15.5 Å². The van der Waals surface area contributed by atoms with E-state index < -0.39 is 0 Å². The summed E-state index contributed by atoms with van der Waals surface area (Å²) in [5, 5.41) is 6.68. The number of rotatable bonds is 7. The molecule has 4 nitrogen and oxygen atoms in total. The number of aryl methyl sites for hydroxylation is 1. The van der Waals surface area contributed by atoms with E-state index in [9.17, 15) is 4.39 Å². The van der Waals surface area contributed by atoms with Crippen LogP contribution in [0.4, 0.5) is 4.39 Å². The van der Waals surface area contributed by atoms with Crippen LogP contribution in [0.5, 0.6) is 0 Å². The number of likely N-dealkylation sites (N-methyl/N-ethyl adjacent to an activating group) is 1. The highest BCUT2D eigenvalue weighted by Gasteiger charge is 2.32. The lowest BCUT2D eigenvalue weighted by atomic mass is 10.1. The van der Waals surface area contributed by atoms with Gasteiger partial charge >= 0.3 is 0 Å². The molecule has 1 unspecified atom stereocenters. The van der Waals surface area contributed by atoms with Crippen LogP contribution in [0.2, 0.25) is 0 Å². The van der Waals surface area contributed by atoms with Gasteiger partial charge in [-0.3, -0.25) is 0 Å². The number of nitrogens with zero attached hydrogens (tertiary/aromatic N) is 2. The lowest BCUT2D eigenvalue weighted by Gasteiger charge is -2.25. The van der Waals surface area contributed by atoms with Crippen LogP contribution < -0.4 is 10.6 Å². The minimum Gasteiger partial charge on any atom is -0.357 e. The third kappa shape index (κ3) is 6.55. The molecule has 0 bridgehead atoms. The Hall–Kier alpha value is -0.890. The molecule has 0 aromatic heterocycles. The Morgan fingerprint density at radius 2 is 2.04 bits per heavy atom. The Labute approximate surface area is 162 Å². The van der Waals surface area contributed by atoms with E-state index in [2.05, 4.69) is 34.6 Å². The molecule has 2 rings (SSSR count). The number of hydrogen-bond acceptors (Lipinski definition) is 2. The molecule has 1 fully saturated rings. The van der Waals surface area contributed by atoms with Gasteiger partial charge in [0, 0.05) is 19.1 Å². The van der Waals surface area contributed by atoms with Crippen LogP contribution in [0.15, 0.2) is 23.2 Å². The summed E-state index contributed by atoms with van der Waals surface area (Å²) in [7, 11) is 4.26. The molecule has 2 N–H and O–H groups in total. The maximum Gasteiger partial charge on any atom is 0.191 e. The van der Waals surface area contributed by atoms with Crippen molar-refractivity contribution < 1.29 is 4.39 Å². The average molecular weight is 448 g/mol. The van der Waals surface area contributed by atoms with E-state index in [1.54, 1.807) is 19.1 Å². The number of halogens is 2. The fourth-order valence-electron chi connectivity index (χ4n) is 2.70. The summed E-state index contributed by atoms with van der Waals surface area (Å²) in [5.74, 6) is 1.42. The van der Waals surface area contributed by atoms with Crippen molar-refractivity contribution in [2.75, 3.05) is 27.2 Å². The SMILES string of the molecule is CCNC(=NCc1ccc(C)c(F)c1)NCC(C1CC1)N(C)C.I. The predicted molar refractivity (Wildman–Crippen MR) is 110 cm³/mol. The van der Waals surface area contributed by atoms with E-state index in [0.717, 1.165) is 30.5 Å². The minimum atomic E-state index is -0.169. The van der Waals surface area contributed by atoms with Crippen molar-refractivity contribution in [2.24, 2.45) is 10.9 Å². The molecule has 1 aliphatic carbocycles. The Balaban J connectivity index is 0.00000288. The van der Waals surface area contributed by atoms with Crippen LogP contribution in [0.1, 0.15) is 30.9 Å². The molecule has 1 aromatic carbocycles. The molecule has 24 heavy (non-hydrogen) atoms. The van der Waals surface area contributed by atoms with E-state index in [4.69, 9.17) is 0 Å². The van der Waals surface area contributed by atoms with Gasteiger partial charge in [0.1, 0.15) is 5.82 Å². The van der Waals surface area contributed by atoms with Gasteiger partial charge in [-0.15, -0.1) is 24.0 Å². The van der Waals surface area contributed by atoms with E-state index in [1.165, 1.54) is 12.8 Å². The molecule has 0 radical (unpaired) electrons. The fraction of sp³-hybridized carbons (Fsp3) is 0.611. The van der Waals surface area contributed by atoms with Crippen molar-refractivity contribution in [3.05, 3.63) is 35.1 Å². The van der Waals surface area contributed by atoms with Crippen molar-refractivity contribution in [3.63, 3.8) is 0 Å². The summed E-state index contributed by atoms with van der Waals surface area (Å²) in [4.78, 5) is 6.86. The standard InChI is InChI=1S/C18H29FN4.HI/c1-5-20-18(22-12-17(23(3)4)15-8-9-15)21-11-14-7-6-13(2)16(19)10-14;/h6-7,10,15,17H,5,8-9,11-12H2,1-4H3,(H2,20,21,22);1H. The molecule has 136 valence electrons. The molecule has 0 heterocycles. The Morgan fingerprint density at radius 3 is 2.58 bits per heavy atom. The van der Waals surface area contributed by atoms with Gasteiger partial charge < -0.3 is 15.5 Å². The second kappa shape index (κ2) is 10.2. The highest BCUT2D eigenvalue weighted by molar-refractivity contribution is 14.0. The number of aliphatic imine (C=N–C) groups is 1. The van der Waals surface area contributed by atoms with Gasteiger partial charge in [0.05, 0.1) is 6.54 Å². The molecule has 0 spiro atoms. The smallest absolute Gasteiger partial charge is 0.191 e. The van der Waals surface area contributed by atoms with Crippen LogP contribution in [0.3, 0.4) is 0 Å². The van der Waals surface area contributed by atoms with Crippen LogP contribution in [0.25, 0.3) is 0 Å². The zero-order valence-corrected chi connectivity index (χ0v) is 17.4. The molecule has 1 aromatic rings. The minimum absolute atomic E-state index is 0. The second-order valence-corrected chi connectivity index (χ2v) is 6.53. The van der Waals surface area contributed by atoms with Crippen LogP contribution >= 0.6 is 24.0 Å². The highest BCUT2D eigenvalue weighted by atomic mass is 127. The van der Waals surface area contributed by atoms with Crippen molar-refractivity contribution in [2.45, 2.75) is 39.3 Å². The summed E-state index contributed by atoms with van der Waals surface area (Å²) in [5.41, 5.74) is 1.55. The summed E-state index contributed by atoms with van der Waals surface area (Å²) in [6, 6.07) is 5.83. The maximum absolute atomic E-state index is 13.6. The van der Waals surface area contributed by atoms with Gasteiger partial charge in [-0.2, -0.15) is 0 Å². The zero-order chi connectivity index (χ0) is 16.8. The number of benzene rings is 1. The highest BCUT2D eigenvalue weighted by Crippen LogP contribution is 2.34. The Kier molecular flexibility index (Phi) is 8.97. The molecule has 6 heteroatoms. The molecule has 0 aliphatic heterocycles. The normalized spacial score (nSPS) is 15.8. The first-order valence-corrected chi connectivity index (χ1v) is 8.45. The van der Waals surface area contributed by atoms with Gasteiger partial charge in [0.2, 0.25) is 0 Å². The van der Waals surface area contributed by atoms with Crippen molar-refractivity contribution >= 4 is 29.9 Å².